The summed E-state index contributed by atoms with van der Waals surface area (Å²) in [5, 5.41) is 1.13. The maximum atomic E-state index is 12.7. The van der Waals surface area contributed by atoms with Crippen molar-refractivity contribution < 1.29 is 19.1 Å². The van der Waals surface area contributed by atoms with Gasteiger partial charge in [-0.15, -0.1) is 0 Å². The largest absolute Gasteiger partial charge is 0.468 e. The molecule has 0 N–H and O–H groups in total. The van der Waals surface area contributed by atoms with E-state index in [1.165, 1.54) is 14.2 Å². The van der Waals surface area contributed by atoms with Gasteiger partial charge in [-0.1, -0.05) is 60.7 Å². The third-order valence-corrected chi connectivity index (χ3v) is 6.23. The Hall–Kier alpha value is -3.34. The van der Waals surface area contributed by atoms with Crippen LogP contribution in [-0.4, -0.2) is 30.7 Å². The minimum absolute atomic E-state index is 0.116. The lowest BCUT2D eigenvalue weighted by atomic mass is 9.82. The second-order valence-electron chi connectivity index (χ2n) is 7.85. The van der Waals surface area contributed by atoms with E-state index < -0.39 is 17.4 Å². The van der Waals surface area contributed by atoms with E-state index in [1.807, 2.05) is 30.3 Å². The molecule has 2 aromatic carbocycles. The first-order valence-corrected chi connectivity index (χ1v) is 9.97. The third kappa shape index (κ3) is 3.11. The van der Waals surface area contributed by atoms with E-state index in [2.05, 4.69) is 47.7 Å². The number of carbonyl (C=O) groups is 2. The molecule has 1 aliphatic carbocycles. The van der Waals surface area contributed by atoms with Crippen LogP contribution >= 0.6 is 0 Å². The second kappa shape index (κ2) is 7.82. The highest BCUT2D eigenvalue weighted by Gasteiger charge is 2.56. The Kier molecular flexibility index (Phi) is 5.20. The number of carbonyl (C=O) groups excluding carboxylic acids is 2. The molecule has 0 radical (unpaired) electrons. The van der Waals surface area contributed by atoms with E-state index in [0.717, 1.165) is 22.0 Å². The molecular weight excluding hydrogens is 378 g/mol. The highest BCUT2D eigenvalue weighted by Crippen LogP contribution is 2.52. The topological polar surface area (TPSA) is 57.5 Å². The molecule has 4 rings (SSSR count). The van der Waals surface area contributed by atoms with Crippen LogP contribution in [-0.2, 0) is 19.1 Å². The van der Waals surface area contributed by atoms with Crippen molar-refractivity contribution in [2.24, 2.45) is 11.3 Å². The molecule has 1 saturated carbocycles. The van der Waals surface area contributed by atoms with Crippen molar-refractivity contribution in [3.8, 4) is 0 Å². The fourth-order valence-electron chi connectivity index (χ4n) is 4.81. The number of para-hydroxylation sites is 1. The molecule has 1 aromatic heterocycles. The number of methoxy groups -OCH3 is 2. The number of allylic oxidation sites excluding steroid dienone is 1. The molecule has 0 aliphatic heterocycles. The first-order valence-electron chi connectivity index (χ1n) is 9.97. The Bertz CT molecular complexity index is 1080. The van der Waals surface area contributed by atoms with Gasteiger partial charge >= 0.3 is 11.9 Å². The molecule has 0 saturated heterocycles. The van der Waals surface area contributed by atoms with Gasteiger partial charge in [0.1, 0.15) is 0 Å². The molecule has 3 aromatic rings. The van der Waals surface area contributed by atoms with Crippen LogP contribution in [0.3, 0.4) is 0 Å². The van der Waals surface area contributed by atoms with Crippen molar-refractivity contribution in [3.05, 3.63) is 84.6 Å². The van der Waals surface area contributed by atoms with Crippen LogP contribution in [0.25, 0.3) is 10.9 Å². The number of nitrogens with zero attached hydrogens (tertiary/aromatic N) is 1. The summed E-state index contributed by atoms with van der Waals surface area (Å²) < 4.78 is 12.2. The normalized spacial score (nSPS) is 18.9. The smallest absolute Gasteiger partial charge is 0.323 e. The number of hydrogen-bond donors (Lipinski definition) is 0. The SMILES string of the molecule is C=C1CC(C(=O)OC)(C(=O)OC)C[C@@H]1[C@H](c1ccccc1)n1ccc2ccccc21. The maximum Gasteiger partial charge on any atom is 0.323 e. The predicted octanol–water partition coefficient (Wildman–Crippen LogP) is 4.53. The van der Waals surface area contributed by atoms with Crippen LogP contribution in [0, 0.1) is 11.3 Å². The molecule has 30 heavy (non-hydrogen) atoms. The van der Waals surface area contributed by atoms with Crippen LogP contribution in [0.2, 0.25) is 0 Å². The number of benzene rings is 2. The van der Waals surface area contributed by atoms with E-state index >= 15 is 0 Å². The molecular formula is C25H25NO4. The van der Waals surface area contributed by atoms with Gasteiger partial charge in [-0.3, -0.25) is 9.59 Å². The van der Waals surface area contributed by atoms with Gasteiger partial charge in [0, 0.05) is 17.6 Å². The van der Waals surface area contributed by atoms with Crippen molar-refractivity contribution in [2.45, 2.75) is 18.9 Å². The van der Waals surface area contributed by atoms with Crippen molar-refractivity contribution in [1.29, 1.82) is 0 Å². The number of esters is 2. The standard InChI is InChI=1S/C25H25NO4/c1-17-15-25(23(27)29-2,24(28)30-3)16-20(17)22(19-10-5-4-6-11-19)26-14-13-18-9-7-8-12-21(18)26/h4-14,20,22H,1,15-16H2,2-3H3/t20-,22-/m0/s1. The maximum absolute atomic E-state index is 12.7. The molecule has 5 heteroatoms. The van der Waals surface area contributed by atoms with Gasteiger partial charge < -0.3 is 14.0 Å². The molecule has 1 aliphatic rings. The number of fused-ring (bicyclic) bond motifs is 1. The summed E-state index contributed by atoms with van der Waals surface area (Å²) in [6, 6.07) is 20.3. The number of rotatable bonds is 5. The van der Waals surface area contributed by atoms with Gasteiger partial charge in [0.25, 0.3) is 0 Å². The monoisotopic (exact) mass is 403 g/mol. The van der Waals surface area contributed by atoms with E-state index in [9.17, 15) is 9.59 Å². The van der Waals surface area contributed by atoms with Gasteiger partial charge in [-0.2, -0.15) is 0 Å². The highest BCUT2D eigenvalue weighted by atomic mass is 16.5. The van der Waals surface area contributed by atoms with Crippen LogP contribution in [0.4, 0.5) is 0 Å². The average molecular weight is 403 g/mol. The summed E-state index contributed by atoms with van der Waals surface area (Å²) in [5.74, 6) is -1.27. The number of aromatic nitrogens is 1. The molecule has 2 atom stereocenters. The lowest BCUT2D eigenvalue weighted by molar-refractivity contribution is -0.168. The summed E-state index contributed by atoms with van der Waals surface area (Å²) in [6.45, 7) is 4.27. The zero-order valence-electron chi connectivity index (χ0n) is 17.2. The molecule has 0 amide bonds. The first-order chi connectivity index (χ1) is 14.5. The fourth-order valence-corrected chi connectivity index (χ4v) is 4.81. The zero-order valence-corrected chi connectivity index (χ0v) is 17.2. The summed E-state index contributed by atoms with van der Waals surface area (Å²) >= 11 is 0. The summed E-state index contributed by atoms with van der Waals surface area (Å²) in [4.78, 5) is 25.4. The Balaban J connectivity index is 1.85. The van der Waals surface area contributed by atoms with Crippen molar-refractivity contribution in [2.75, 3.05) is 14.2 Å². The Labute approximate surface area is 175 Å². The van der Waals surface area contributed by atoms with E-state index in [1.54, 1.807) is 0 Å². The molecule has 154 valence electrons. The van der Waals surface area contributed by atoms with Crippen LogP contribution < -0.4 is 0 Å². The first kappa shape index (κ1) is 20.0. The van der Waals surface area contributed by atoms with E-state index in [0.29, 0.717) is 0 Å². The van der Waals surface area contributed by atoms with Crippen LogP contribution in [0.1, 0.15) is 24.4 Å². The van der Waals surface area contributed by atoms with E-state index in [-0.39, 0.29) is 24.8 Å². The fraction of sp³-hybridized carbons (Fsp3) is 0.280. The number of hydrogen-bond acceptors (Lipinski definition) is 4. The molecule has 5 nitrogen and oxygen atoms in total. The van der Waals surface area contributed by atoms with E-state index in [4.69, 9.17) is 9.47 Å². The van der Waals surface area contributed by atoms with Gasteiger partial charge in [-0.05, 0) is 35.9 Å². The van der Waals surface area contributed by atoms with Gasteiger partial charge in [-0.25, -0.2) is 0 Å². The second-order valence-corrected chi connectivity index (χ2v) is 7.85. The van der Waals surface area contributed by atoms with Crippen LogP contribution in [0.15, 0.2) is 79.0 Å². The Morgan fingerprint density at radius 2 is 1.63 bits per heavy atom. The summed E-state index contributed by atoms with van der Waals surface area (Å²) in [6.07, 6.45) is 2.57. The molecule has 0 spiro atoms. The lowest BCUT2D eigenvalue weighted by Gasteiger charge is -2.29. The Morgan fingerprint density at radius 1 is 1.00 bits per heavy atom. The van der Waals surface area contributed by atoms with Gasteiger partial charge in [0.2, 0.25) is 0 Å². The molecule has 0 unspecified atom stereocenters. The van der Waals surface area contributed by atoms with Crippen molar-refractivity contribution >= 4 is 22.8 Å². The summed E-state index contributed by atoms with van der Waals surface area (Å²) in [5.41, 5.74) is 1.67. The predicted molar refractivity (Wildman–Crippen MR) is 115 cm³/mol. The quantitative estimate of drug-likeness (QED) is 0.357. The third-order valence-electron chi connectivity index (χ3n) is 6.23. The average Bonchev–Trinajstić information content (AvgIpc) is 3.36. The molecule has 1 heterocycles. The number of ether oxygens (including phenoxy) is 2. The van der Waals surface area contributed by atoms with Crippen LogP contribution in [0.5, 0.6) is 0 Å². The minimum Gasteiger partial charge on any atom is -0.468 e. The lowest BCUT2D eigenvalue weighted by Crippen LogP contribution is -2.39. The Morgan fingerprint density at radius 3 is 2.30 bits per heavy atom. The summed E-state index contributed by atoms with van der Waals surface area (Å²) in [7, 11) is 2.61. The molecule has 1 fully saturated rings. The van der Waals surface area contributed by atoms with Crippen molar-refractivity contribution in [1.82, 2.24) is 4.57 Å². The molecule has 0 bridgehead atoms. The van der Waals surface area contributed by atoms with Crippen molar-refractivity contribution in [3.63, 3.8) is 0 Å². The highest BCUT2D eigenvalue weighted by molar-refractivity contribution is 6.01. The zero-order chi connectivity index (χ0) is 21.3. The van der Waals surface area contributed by atoms with Gasteiger partial charge in [0.15, 0.2) is 5.41 Å². The minimum atomic E-state index is -1.36. The van der Waals surface area contributed by atoms with Gasteiger partial charge in [0.05, 0.1) is 20.3 Å².